The van der Waals surface area contributed by atoms with Gasteiger partial charge >= 0.3 is 0 Å². The third-order valence-corrected chi connectivity index (χ3v) is 4.75. The van der Waals surface area contributed by atoms with Crippen LogP contribution in [0, 0.1) is 6.92 Å². The summed E-state index contributed by atoms with van der Waals surface area (Å²) in [6.07, 6.45) is 3.28. The molecule has 0 fully saturated rings. The van der Waals surface area contributed by atoms with Gasteiger partial charge in [-0.15, -0.1) is 11.3 Å². The summed E-state index contributed by atoms with van der Waals surface area (Å²) < 4.78 is 2.92. The molecule has 5 nitrogen and oxygen atoms in total. The summed E-state index contributed by atoms with van der Waals surface area (Å²) in [4.78, 5) is 16.6. The molecular formula is C17H20N4OS. The molecule has 120 valence electrons. The first kappa shape index (κ1) is 15.7. The van der Waals surface area contributed by atoms with E-state index in [9.17, 15) is 4.79 Å². The van der Waals surface area contributed by atoms with Crippen molar-refractivity contribution >= 4 is 33.3 Å². The zero-order chi connectivity index (χ0) is 16.2. The van der Waals surface area contributed by atoms with E-state index in [2.05, 4.69) is 21.5 Å². The first-order valence-electron chi connectivity index (χ1n) is 7.77. The molecule has 6 heteroatoms. The van der Waals surface area contributed by atoms with Gasteiger partial charge in [0.25, 0.3) is 0 Å². The third kappa shape index (κ3) is 3.96. The Balaban J connectivity index is 1.44. The van der Waals surface area contributed by atoms with Gasteiger partial charge in [-0.2, -0.15) is 5.10 Å². The van der Waals surface area contributed by atoms with E-state index in [1.807, 2.05) is 38.2 Å². The number of benzene rings is 1. The minimum atomic E-state index is 0.0392. The van der Waals surface area contributed by atoms with Gasteiger partial charge in [0, 0.05) is 19.5 Å². The van der Waals surface area contributed by atoms with Crippen molar-refractivity contribution in [3.8, 4) is 0 Å². The lowest BCUT2D eigenvalue weighted by Gasteiger charge is -2.04. The van der Waals surface area contributed by atoms with Crippen molar-refractivity contribution in [2.24, 2.45) is 7.05 Å². The molecule has 0 aliphatic rings. The van der Waals surface area contributed by atoms with E-state index in [0.29, 0.717) is 6.42 Å². The number of hydrogen-bond acceptors (Lipinski definition) is 4. The molecule has 0 bridgehead atoms. The van der Waals surface area contributed by atoms with Crippen LogP contribution in [0.4, 0.5) is 5.82 Å². The molecule has 0 unspecified atom stereocenters. The van der Waals surface area contributed by atoms with Gasteiger partial charge in [-0.1, -0.05) is 12.1 Å². The van der Waals surface area contributed by atoms with Crippen molar-refractivity contribution in [3.63, 3.8) is 0 Å². The number of fused-ring (bicyclic) bond motifs is 1. The molecule has 0 aliphatic carbocycles. The number of nitrogens with zero attached hydrogens (tertiary/aromatic N) is 3. The SMILES string of the molecule is Cc1cc(NC(=O)CCCCc2nc3ccccc3s2)n(C)n1. The Labute approximate surface area is 139 Å². The van der Waals surface area contributed by atoms with Gasteiger partial charge in [-0.05, 0) is 38.3 Å². The number of aryl methyl sites for hydroxylation is 3. The number of nitrogens with one attached hydrogen (secondary N) is 1. The smallest absolute Gasteiger partial charge is 0.225 e. The Morgan fingerprint density at radius 3 is 2.87 bits per heavy atom. The van der Waals surface area contributed by atoms with E-state index < -0.39 is 0 Å². The number of para-hydroxylation sites is 1. The van der Waals surface area contributed by atoms with E-state index >= 15 is 0 Å². The van der Waals surface area contributed by atoms with Crippen molar-refractivity contribution < 1.29 is 4.79 Å². The molecule has 0 radical (unpaired) electrons. The largest absolute Gasteiger partial charge is 0.311 e. The molecule has 1 N–H and O–H groups in total. The third-order valence-electron chi connectivity index (χ3n) is 3.65. The van der Waals surface area contributed by atoms with Crippen molar-refractivity contribution in [3.05, 3.63) is 41.0 Å². The summed E-state index contributed by atoms with van der Waals surface area (Å²) in [6.45, 7) is 1.91. The average molecular weight is 328 g/mol. The summed E-state index contributed by atoms with van der Waals surface area (Å²) in [6, 6.07) is 10.1. The van der Waals surface area contributed by atoms with Crippen LogP contribution < -0.4 is 5.32 Å². The number of amides is 1. The molecule has 3 rings (SSSR count). The van der Waals surface area contributed by atoms with Gasteiger partial charge in [-0.3, -0.25) is 9.48 Å². The van der Waals surface area contributed by atoms with Gasteiger partial charge in [0.05, 0.1) is 20.9 Å². The summed E-state index contributed by atoms with van der Waals surface area (Å²) in [7, 11) is 1.83. The Bertz CT molecular complexity index is 788. The molecule has 2 heterocycles. The van der Waals surface area contributed by atoms with Crippen LogP contribution >= 0.6 is 11.3 Å². The first-order valence-corrected chi connectivity index (χ1v) is 8.58. The predicted octanol–water partition coefficient (Wildman–Crippen LogP) is 3.69. The fourth-order valence-electron chi connectivity index (χ4n) is 2.52. The van der Waals surface area contributed by atoms with Gasteiger partial charge in [-0.25, -0.2) is 4.98 Å². The lowest BCUT2D eigenvalue weighted by Crippen LogP contribution is -2.13. The van der Waals surface area contributed by atoms with E-state index in [0.717, 1.165) is 41.3 Å². The second-order valence-electron chi connectivity index (χ2n) is 5.63. The average Bonchev–Trinajstić information content (AvgIpc) is 3.06. The van der Waals surface area contributed by atoms with E-state index in [1.54, 1.807) is 16.0 Å². The summed E-state index contributed by atoms with van der Waals surface area (Å²) >= 11 is 1.74. The number of aromatic nitrogens is 3. The van der Waals surface area contributed by atoms with Crippen LogP contribution in [0.2, 0.25) is 0 Å². The highest BCUT2D eigenvalue weighted by molar-refractivity contribution is 7.18. The minimum absolute atomic E-state index is 0.0392. The lowest BCUT2D eigenvalue weighted by atomic mass is 10.2. The number of anilines is 1. The van der Waals surface area contributed by atoms with Crippen LogP contribution in [0.15, 0.2) is 30.3 Å². The standard InChI is InChI=1S/C17H20N4OS/c1-12-11-15(21(2)20-12)19-16(22)9-5-6-10-17-18-13-7-3-4-8-14(13)23-17/h3-4,7-8,11H,5-6,9-10H2,1-2H3,(H,19,22). The van der Waals surface area contributed by atoms with Crippen LogP contribution in [-0.2, 0) is 18.3 Å². The second kappa shape index (κ2) is 6.91. The second-order valence-corrected chi connectivity index (χ2v) is 6.74. The molecule has 23 heavy (non-hydrogen) atoms. The fraction of sp³-hybridized carbons (Fsp3) is 0.353. The minimum Gasteiger partial charge on any atom is -0.311 e. The van der Waals surface area contributed by atoms with Crippen molar-refractivity contribution in [2.45, 2.75) is 32.6 Å². The van der Waals surface area contributed by atoms with E-state index in [-0.39, 0.29) is 5.91 Å². The van der Waals surface area contributed by atoms with Gasteiger partial charge < -0.3 is 5.32 Å². The van der Waals surface area contributed by atoms with E-state index in [4.69, 9.17) is 0 Å². The zero-order valence-electron chi connectivity index (χ0n) is 13.4. The molecule has 0 aliphatic heterocycles. The first-order chi connectivity index (χ1) is 11.1. The maximum Gasteiger partial charge on any atom is 0.225 e. The fourth-order valence-corrected chi connectivity index (χ4v) is 3.53. The molecule has 0 saturated carbocycles. The highest BCUT2D eigenvalue weighted by Gasteiger charge is 2.08. The predicted molar refractivity (Wildman–Crippen MR) is 93.7 cm³/mol. The number of hydrogen-bond donors (Lipinski definition) is 1. The highest BCUT2D eigenvalue weighted by Crippen LogP contribution is 2.22. The van der Waals surface area contributed by atoms with Crippen molar-refractivity contribution in [2.75, 3.05) is 5.32 Å². The number of carbonyl (C=O) groups is 1. The van der Waals surface area contributed by atoms with Crippen LogP contribution in [0.25, 0.3) is 10.2 Å². The van der Waals surface area contributed by atoms with Crippen molar-refractivity contribution in [1.29, 1.82) is 0 Å². The van der Waals surface area contributed by atoms with Crippen LogP contribution in [0.3, 0.4) is 0 Å². The Hall–Kier alpha value is -2.21. The maximum atomic E-state index is 12.0. The van der Waals surface area contributed by atoms with Gasteiger partial charge in [0.15, 0.2) is 0 Å². The molecule has 0 saturated heterocycles. The highest BCUT2D eigenvalue weighted by atomic mass is 32.1. The molecular weight excluding hydrogens is 308 g/mol. The molecule has 0 atom stereocenters. The number of carbonyl (C=O) groups excluding carboxylic acids is 1. The summed E-state index contributed by atoms with van der Waals surface area (Å²) in [5.41, 5.74) is 1.97. The zero-order valence-corrected chi connectivity index (χ0v) is 14.2. The molecule has 1 aromatic carbocycles. The maximum absolute atomic E-state index is 12.0. The van der Waals surface area contributed by atoms with Crippen LogP contribution in [0.1, 0.15) is 30.0 Å². The summed E-state index contributed by atoms with van der Waals surface area (Å²) in [5.74, 6) is 0.788. The quantitative estimate of drug-likeness (QED) is 0.702. The topological polar surface area (TPSA) is 59.8 Å². The Morgan fingerprint density at radius 2 is 2.13 bits per heavy atom. The van der Waals surface area contributed by atoms with Gasteiger partial charge in [0.2, 0.25) is 5.91 Å². The van der Waals surface area contributed by atoms with E-state index in [1.165, 1.54) is 4.70 Å². The molecule has 0 spiro atoms. The van der Waals surface area contributed by atoms with Gasteiger partial charge in [0.1, 0.15) is 5.82 Å². The lowest BCUT2D eigenvalue weighted by molar-refractivity contribution is -0.116. The molecule has 1 amide bonds. The summed E-state index contributed by atoms with van der Waals surface area (Å²) in [5, 5.41) is 8.26. The monoisotopic (exact) mass is 328 g/mol. The Morgan fingerprint density at radius 1 is 1.30 bits per heavy atom. The number of rotatable bonds is 6. The normalized spacial score (nSPS) is 11.0. The number of unbranched alkanes of at least 4 members (excludes halogenated alkanes) is 1. The Kier molecular flexibility index (Phi) is 4.71. The molecule has 3 aromatic rings. The van der Waals surface area contributed by atoms with Crippen molar-refractivity contribution in [1.82, 2.24) is 14.8 Å². The van der Waals surface area contributed by atoms with Crippen LogP contribution in [-0.4, -0.2) is 20.7 Å². The number of thiazole rings is 1. The molecule has 2 aromatic heterocycles. The van der Waals surface area contributed by atoms with Crippen LogP contribution in [0.5, 0.6) is 0 Å².